The second-order valence-corrected chi connectivity index (χ2v) is 6.18. The normalized spacial score (nSPS) is 22.2. The van der Waals surface area contributed by atoms with Crippen LogP contribution in [0.4, 0.5) is 0 Å². The van der Waals surface area contributed by atoms with Crippen molar-refractivity contribution in [2.24, 2.45) is 0 Å². The summed E-state index contributed by atoms with van der Waals surface area (Å²) in [4.78, 5) is 14.4. The molecule has 1 fully saturated rings. The molecule has 1 rings (SSSR count). The fraction of sp³-hybridized carbons (Fsp3) is 0.933. The highest BCUT2D eigenvalue weighted by atomic mass is 16.5. The first-order valence-corrected chi connectivity index (χ1v) is 7.62. The molecule has 0 aromatic rings. The molecule has 0 aliphatic carbocycles. The molecule has 5 nitrogen and oxygen atoms in total. The van der Waals surface area contributed by atoms with Gasteiger partial charge >= 0.3 is 5.97 Å². The molecule has 1 aliphatic heterocycles. The summed E-state index contributed by atoms with van der Waals surface area (Å²) in [6.45, 7) is 10.6. The molecule has 0 saturated carbocycles. The standard InChI is InChI=1S/C15H30N2O3/c1-6-19-14(18)15(4,16-12(2)3)11-17(5)10-13-8-7-9-20-13/h12-13,16H,6-11H2,1-5H3. The molecule has 0 radical (unpaired) electrons. The Bertz CT molecular complexity index is 303. The van der Waals surface area contributed by atoms with Gasteiger partial charge in [0.15, 0.2) is 0 Å². The predicted octanol–water partition coefficient (Wildman–Crippen LogP) is 1.42. The molecule has 5 heteroatoms. The van der Waals surface area contributed by atoms with Crippen LogP contribution in [0, 0.1) is 0 Å². The second-order valence-electron chi connectivity index (χ2n) is 6.18. The summed E-state index contributed by atoms with van der Waals surface area (Å²) in [5.74, 6) is -0.187. The van der Waals surface area contributed by atoms with Crippen LogP contribution >= 0.6 is 0 Å². The van der Waals surface area contributed by atoms with Crippen molar-refractivity contribution in [3.8, 4) is 0 Å². The molecule has 2 unspecified atom stereocenters. The van der Waals surface area contributed by atoms with Crippen molar-refractivity contribution >= 4 is 5.97 Å². The van der Waals surface area contributed by atoms with Crippen LogP contribution in [-0.4, -0.2) is 61.9 Å². The van der Waals surface area contributed by atoms with E-state index in [1.165, 1.54) is 0 Å². The lowest BCUT2D eigenvalue weighted by molar-refractivity contribution is -0.151. The molecular weight excluding hydrogens is 256 g/mol. The quantitative estimate of drug-likeness (QED) is 0.684. The van der Waals surface area contributed by atoms with E-state index in [4.69, 9.17) is 9.47 Å². The Morgan fingerprint density at radius 3 is 2.75 bits per heavy atom. The van der Waals surface area contributed by atoms with Crippen molar-refractivity contribution in [1.82, 2.24) is 10.2 Å². The minimum Gasteiger partial charge on any atom is -0.465 e. The van der Waals surface area contributed by atoms with E-state index < -0.39 is 5.54 Å². The molecule has 118 valence electrons. The maximum Gasteiger partial charge on any atom is 0.327 e. The molecule has 0 aromatic heterocycles. The lowest BCUT2D eigenvalue weighted by Gasteiger charge is -2.35. The largest absolute Gasteiger partial charge is 0.465 e. The Labute approximate surface area is 123 Å². The van der Waals surface area contributed by atoms with Crippen LogP contribution in [0.1, 0.15) is 40.5 Å². The summed E-state index contributed by atoms with van der Waals surface area (Å²) < 4.78 is 10.9. The van der Waals surface area contributed by atoms with Gasteiger partial charge in [0.2, 0.25) is 0 Å². The first-order valence-electron chi connectivity index (χ1n) is 7.62. The van der Waals surface area contributed by atoms with Gasteiger partial charge in [-0.1, -0.05) is 0 Å². The number of hydrogen-bond donors (Lipinski definition) is 1. The number of nitrogens with one attached hydrogen (secondary N) is 1. The molecule has 1 N–H and O–H groups in total. The number of nitrogens with zero attached hydrogens (tertiary/aromatic N) is 1. The Morgan fingerprint density at radius 2 is 2.25 bits per heavy atom. The first-order chi connectivity index (χ1) is 9.37. The zero-order valence-electron chi connectivity index (χ0n) is 13.6. The van der Waals surface area contributed by atoms with Crippen LogP contribution in [0.3, 0.4) is 0 Å². The van der Waals surface area contributed by atoms with E-state index in [2.05, 4.69) is 10.2 Å². The topological polar surface area (TPSA) is 50.8 Å². The van der Waals surface area contributed by atoms with Gasteiger partial charge in [-0.2, -0.15) is 0 Å². The van der Waals surface area contributed by atoms with E-state index in [1.54, 1.807) is 0 Å². The molecule has 0 aromatic carbocycles. The monoisotopic (exact) mass is 286 g/mol. The van der Waals surface area contributed by atoms with Crippen molar-refractivity contribution in [2.45, 2.75) is 58.2 Å². The summed E-state index contributed by atoms with van der Waals surface area (Å²) in [5, 5.41) is 3.34. The third-order valence-corrected chi connectivity index (χ3v) is 3.46. The SMILES string of the molecule is CCOC(=O)C(C)(CN(C)CC1CCCO1)NC(C)C. The Kier molecular flexibility index (Phi) is 6.92. The molecule has 0 amide bonds. The van der Waals surface area contributed by atoms with Gasteiger partial charge in [0.25, 0.3) is 0 Å². The summed E-state index contributed by atoms with van der Waals surface area (Å²) in [6.07, 6.45) is 2.54. The molecule has 1 saturated heterocycles. The van der Waals surface area contributed by atoms with Gasteiger partial charge in [0.1, 0.15) is 5.54 Å². The minimum atomic E-state index is -0.683. The molecule has 0 bridgehead atoms. The molecule has 0 spiro atoms. The first kappa shape index (κ1) is 17.4. The average Bonchev–Trinajstić information content (AvgIpc) is 2.80. The van der Waals surface area contributed by atoms with E-state index in [1.807, 2.05) is 34.7 Å². The number of hydrogen-bond acceptors (Lipinski definition) is 5. The fourth-order valence-corrected chi connectivity index (χ4v) is 2.84. The van der Waals surface area contributed by atoms with Gasteiger partial charge in [-0.15, -0.1) is 0 Å². The van der Waals surface area contributed by atoms with E-state index >= 15 is 0 Å². The van der Waals surface area contributed by atoms with Crippen LogP contribution in [-0.2, 0) is 14.3 Å². The van der Waals surface area contributed by atoms with Crippen molar-refractivity contribution in [2.75, 3.05) is 33.4 Å². The van der Waals surface area contributed by atoms with Crippen molar-refractivity contribution in [3.63, 3.8) is 0 Å². The third-order valence-electron chi connectivity index (χ3n) is 3.46. The highest BCUT2D eigenvalue weighted by Crippen LogP contribution is 2.15. The van der Waals surface area contributed by atoms with Crippen LogP contribution in [0.25, 0.3) is 0 Å². The lowest BCUT2D eigenvalue weighted by Crippen LogP contribution is -2.59. The van der Waals surface area contributed by atoms with Crippen molar-refractivity contribution in [3.05, 3.63) is 0 Å². The van der Waals surface area contributed by atoms with Gasteiger partial charge in [0, 0.05) is 25.7 Å². The molecule has 1 aliphatic rings. The van der Waals surface area contributed by atoms with Gasteiger partial charge in [0.05, 0.1) is 12.7 Å². The highest BCUT2D eigenvalue weighted by Gasteiger charge is 2.36. The Morgan fingerprint density at radius 1 is 1.55 bits per heavy atom. The highest BCUT2D eigenvalue weighted by molar-refractivity contribution is 5.80. The predicted molar refractivity (Wildman–Crippen MR) is 79.8 cm³/mol. The summed E-state index contributed by atoms with van der Waals surface area (Å²) in [7, 11) is 2.03. The van der Waals surface area contributed by atoms with Crippen LogP contribution in [0.2, 0.25) is 0 Å². The average molecular weight is 286 g/mol. The number of carbonyl (C=O) groups excluding carboxylic acids is 1. The summed E-state index contributed by atoms with van der Waals surface area (Å²) in [6, 6.07) is 0.223. The van der Waals surface area contributed by atoms with Crippen molar-refractivity contribution < 1.29 is 14.3 Å². The number of esters is 1. The van der Waals surface area contributed by atoms with Crippen molar-refractivity contribution in [1.29, 1.82) is 0 Å². The van der Waals surface area contributed by atoms with Crippen LogP contribution in [0.5, 0.6) is 0 Å². The van der Waals surface area contributed by atoms with E-state index in [0.717, 1.165) is 26.0 Å². The number of ether oxygens (including phenoxy) is 2. The second kappa shape index (κ2) is 7.96. The summed E-state index contributed by atoms with van der Waals surface area (Å²) >= 11 is 0. The number of rotatable bonds is 8. The van der Waals surface area contributed by atoms with Gasteiger partial charge in [-0.05, 0) is 47.6 Å². The van der Waals surface area contributed by atoms with E-state index in [-0.39, 0.29) is 12.0 Å². The van der Waals surface area contributed by atoms with E-state index in [0.29, 0.717) is 19.3 Å². The molecule has 2 atom stereocenters. The lowest BCUT2D eigenvalue weighted by atomic mass is 10.00. The maximum atomic E-state index is 12.2. The van der Waals surface area contributed by atoms with Gasteiger partial charge < -0.3 is 14.4 Å². The smallest absolute Gasteiger partial charge is 0.327 e. The number of carbonyl (C=O) groups is 1. The zero-order chi connectivity index (χ0) is 15.2. The van der Waals surface area contributed by atoms with Gasteiger partial charge in [-0.25, -0.2) is 0 Å². The third kappa shape index (κ3) is 5.38. The molecule has 1 heterocycles. The number of likely N-dealkylation sites (N-methyl/N-ethyl adjacent to an activating group) is 1. The maximum absolute atomic E-state index is 12.2. The molecular formula is C15H30N2O3. The van der Waals surface area contributed by atoms with Crippen LogP contribution < -0.4 is 5.32 Å². The minimum absolute atomic E-state index is 0.187. The fourth-order valence-electron chi connectivity index (χ4n) is 2.84. The van der Waals surface area contributed by atoms with Gasteiger partial charge in [-0.3, -0.25) is 10.1 Å². The van der Waals surface area contributed by atoms with E-state index in [9.17, 15) is 4.79 Å². The molecule has 20 heavy (non-hydrogen) atoms. The van der Waals surface area contributed by atoms with Crippen LogP contribution in [0.15, 0.2) is 0 Å². The zero-order valence-corrected chi connectivity index (χ0v) is 13.6. The Hall–Kier alpha value is -0.650. The summed E-state index contributed by atoms with van der Waals surface area (Å²) in [5.41, 5.74) is -0.683. The Balaban J connectivity index is 2.59.